The Morgan fingerprint density at radius 2 is 1.94 bits per heavy atom. The van der Waals surface area contributed by atoms with Crippen molar-refractivity contribution in [3.8, 4) is 0 Å². The number of aliphatic hydroxyl groups is 1. The first-order valence-corrected chi connectivity index (χ1v) is 5.77. The van der Waals surface area contributed by atoms with Gasteiger partial charge in [-0.25, -0.2) is 0 Å². The number of hydrogen-bond donors (Lipinski definition) is 2. The highest BCUT2D eigenvalue weighted by Crippen LogP contribution is 2.37. The minimum atomic E-state index is -0.852. The molecule has 1 heterocycles. The van der Waals surface area contributed by atoms with E-state index in [4.69, 9.17) is 10.5 Å². The van der Waals surface area contributed by atoms with Gasteiger partial charge in [-0.15, -0.1) is 0 Å². The second-order valence-corrected chi connectivity index (χ2v) is 4.62. The van der Waals surface area contributed by atoms with Crippen molar-refractivity contribution in [2.75, 3.05) is 18.9 Å². The van der Waals surface area contributed by atoms with E-state index in [1.807, 2.05) is 31.2 Å². The lowest BCUT2D eigenvalue weighted by atomic mass is 9.78. The molecule has 2 rings (SSSR count). The number of anilines is 1. The highest BCUT2D eigenvalue weighted by Gasteiger charge is 2.35. The van der Waals surface area contributed by atoms with Crippen LogP contribution in [-0.4, -0.2) is 18.3 Å². The van der Waals surface area contributed by atoms with Crippen molar-refractivity contribution < 1.29 is 9.84 Å². The van der Waals surface area contributed by atoms with Gasteiger partial charge < -0.3 is 15.6 Å². The van der Waals surface area contributed by atoms with Crippen LogP contribution in [0, 0.1) is 5.92 Å². The average Bonchev–Trinajstić information content (AvgIpc) is 2.30. The van der Waals surface area contributed by atoms with Gasteiger partial charge in [0, 0.05) is 24.5 Å². The van der Waals surface area contributed by atoms with E-state index in [9.17, 15) is 5.11 Å². The molecule has 0 spiro atoms. The van der Waals surface area contributed by atoms with E-state index in [0.29, 0.717) is 5.69 Å². The molecule has 0 aliphatic carbocycles. The first-order valence-electron chi connectivity index (χ1n) is 5.77. The van der Waals surface area contributed by atoms with Crippen molar-refractivity contribution in [2.45, 2.75) is 25.4 Å². The number of benzene rings is 1. The van der Waals surface area contributed by atoms with Gasteiger partial charge in [-0.3, -0.25) is 0 Å². The Kier molecular flexibility index (Phi) is 3.17. The molecular weight excluding hydrogens is 202 g/mol. The van der Waals surface area contributed by atoms with Crippen LogP contribution in [0.1, 0.15) is 25.3 Å². The number of nitrogens with two attached hydrogens (primary N) is 1. The van der Waals surface area contributed by atoms with Crippen molar-refractivity contribution >= 4 is 5.69 Å². The number of rotatable bonds is 2. The minimum Gasteiger partial charge on any atom is -0.398 e. The smallest absolute Gasteiger partial charge is 0.0918 e. The first-order chi connectivity index (χ1) is 7.62. The van der Waals surface area contributed by atoms with Crippen LogP contribution in [0.3, 0.4) is 0 Å². The SMILES string of the molecule is CC(O)(c1ccccc1N)C1CCOCC1. The van der Waals surface area contributed by atoms with E-state index in [0.717, 1.165) is 31.6 Å². The van der Waals surface area contributed by atoms with Crippen LogP contribution in [0.15, 0.2) is 24.3 Å². The van der Waals surface area contributed by atoms with Crippen molar-refractivity contribution in [3.05, 3.63) is 29.8 Å². The molecule has 0 amide bonds. The molecule has 3 N–H and O–H groups in total. The van der Waals surface area contributed by atoms with E-state index < -0.39 is 5.60 Å². The quantitative estimate of drug-likeness (QED) is 0.750. The van der Waals surface area contributed by atoms with Gasteiger partial charge in [0.05, 0.1) is 5.60 Å². The van der Waals surface area contributed by atoms with Crippen LogP contribution in [-0.2, 0) is 10.3 Å². The predicted octanol–water partition coefficient (Wildman–Crippen LogP) is 1.90. The lowest BCUT2D eigenvalue weighted by Crippen LogP contribution is -2.36. The normalized spacial score (nSPS) is 21.6. The molecule has 3 nitrogen and oxygen atoms in total. The van der Waals surface area contributed by atoms with E-state index in [2.05, 4.69) is 0 Å². The van der Waals surface area contributed by atoms with Crippen LogP contribution in [0.4, 0.5) is 5.69 Å². The molecule has 1 aliphatic rings. The largest absolute Gasteiger partial charge is 0.398 e. The molecule has 3 heteroatoms. The predicted molar refractivity (Wildman–Crippen MR) is 64.0 cm³/mol. The molecule has 0 radical (unpaired) electrons. The van der Waals surface area contributed by atoms with E-state index >= 15 is 0 Å². The number of nitrogen functional groups attached to an aromatic ring is 1. The minimum absolute atomic E-state index is 0.228. The molecule has 0 aromatic heterocycles. The fraction of sp³-hybridized carbons (Fsp3) is 0.538. The van der Waals surface area contributed by atoms with Gasteiger partial charge in [0.1, 0.15) is 0 Å². The Morgan fingerprint density at radius 3 is 2.56 bits per heavy atom. The summed E-state index contributed by atoms with van der Waals surface area (Å²) in [6.07, 6.45) is 1.78. The summed E-state index contributed by atoms with van der Waals surface area (Å²) in [5.74, 6) is 0.228. The van der Waals surface area contributed by atoms with E-state index in [1.165, 1.54) is 0 Å². The lowest BCUT2D eigenvalue weighted by Gasteiger charge is -2.36. The summed E-state index contributed by atoms with van der Waals surface area (Å²) in [6.45, 7) is 3.32. The zero-order valence-corrected chi connectivity index (χ0v) is 9.65. The molecule has 16 heavy (non-hydrogen) atoms. The molecule has 1 unspecified atom stereocenters. The second kappa shape index (κ2) is 4.44. The Labute approximate surface area is 96.2 Å². The standard InChI is InChI=1S/C13H19NO2/c1-13(15,10-6-8-16-9-7-10)11-4-2-3-5-12(11)14/h2-5,10,15H,6-9,14H2,1H3. The highest BCUT2D eigenvalue weighted by molar-refractivity contribution is 5.49. The Morgan fingerprint density at radius 1 is 1.31 bits per heavy atom. The van der Waals surface area contributed by atoms with E-state index in [-0.39, 0.29) is 5.92 Å². The van der Waals surface area contributed by atoms with Gasteiger partial charge in [-0.1, -0.05) is 18.2 Å². The maximum atomic E-state index is 10.7. The molecule has 1 saturated heterocycles. The van der Waals surface area contributed by atoms with E-state index in [1.54, 1.807) is 0 Å². The van der Waals surface area contributed by atoms with Gasteiger partial charge in [0.2, 0.25) is 0 Å². The summed E-state index contributed by atoms with van der Waals surface area (Å²) < 4.78 is 5.32. The van der Waals surface area contributed by atoms with Crippen LogP contribution in [0.2, 0.25) is 0 Å². The summed E-state index contributed by atoms with van der Waals surface area (Å²) in [5, 5.41) is 10.7. The molecule has 0 bridgehead atoms. The lowest BCUT2D eigenvalue weighted by molar-refractivity contribution is -0.0575. The van der Waals surface area contributed by atoms with Crippen LogP contribution >= 0.6 is 0 Å². The first kappa shape index (κ1) is 11.4. The zero-order chi connectivity index (χ0) is 11.6. The van der Waals surface area contributed by atoms with Gasteiger partial charge in [0.15, 0.2) is 0 Å². The molecule has 88 valence electrons. The van der Waals surface area contributed by atoms with Crippen molar-refractivity contribution in [3.63, 3.8) is 0 Å². The molecule has 0 saturated carbocycles. The third-order valence-corrected chi connectivity index (χ3v) is 3.52. The number of hydrogen-bond acceptors (Lipinski definition) is 3. The summed E-state index contributed by atoms with van der Waals surface area (Å²) in [7, 11) is 0. The Balaban J connectivity index is 2.26. The molecule has 1 aromatic rings. The highest BCUT2D eigenvalue weighted by atomic mass is 16.5. The number of ether oxygens (including phenoxy) is 1. The van der Waals surface area contributed by atoms with Gasteiger partial charge >= 0.3 is 0 Å². The molecule has 1 aromatic carbocycles. The van der Waals surface area contributed by atoms with Crippen molar-refractivity contribution in [2.24, 2.45) is 5.92 Å². The maximum Gasteiger partial charge on any atom is 0.0918 e. The summed E-state index contributed by atoms with van der Waals surface area (Å²) in [6, 6.07) is 7.55. The fourth-order valence-electron chi connectivity index (χ4n) is 2.44. The fourth-order valence-corrected chi connectivity index (χ4v) is 2.44. The second-order valence-electron chi connectivity index (χ2n) is 4.62. The Hall–Kier alpha value is -1.06. The average molecular weight is 221 g/mol. The third kappa shape index (κ3) is 2.06. The van der Waals surface area contributed by atoms with Gasteiger partial charge in [-0.2, -0.15) is 0 Å². The monoisotopic (exact) mass is 221 g/mol. The van der Waals surface area contributed by atoms with Gasteiger partial charge in [0.25, 0.3) is 0 Å². The summed E-state index contributed by atoms with van der Waals surface area (Å²) in [5.41, 5.74) is 6.57. The zero-order valence-electron chi connectivity index (χ0n) is 9.65. The van der Waals surface area contributed by atoms with Crippen LogP contribution in [0.25, 0.3) is 0 Å². The third-order valence-electron chi connectivity index (χ3n) is 3.52. The van der Waals surface area contributed by atoms with Gasteiger partial charge in [-0.05, 0) is 31.7 Å². The maximum absolute atomic E-state index is 10.7. The summed E-state index contributed by atoms with van der Waals surface area (Å²) >= 11 is 0. The molecular formula is C13H19NO2. The summed E-state index contributed by atoms with van der Waals surface area (Å²) in [4.78, 5) is 0. The van der Waals surface area contributed by atoms with Crippen molar-refractivity contribution in [1.29, 1.82) is 0 Å². The number of para-hydroxylation sites is 1. The molecule has 1 fully saturated rings. The van der Waals surface area contributed by atoms with Crippen LogP contribution in [0.5, 0.6) is 0 Å². The topological polar surface area (TPSA) is 55.5 Å². The molecule has 1 aliphatic heterocycles. The Bertz CT molecular complexity index is 357. The molecule has 1 atom stereocenters. The van der Waals surface area contributed by atoms with Crippen molar-refractivity contribution in [1.82, 2.24) is 0 Å². The van der Waals surface area contributed by atoms with Crippen LogP contribution < -0.4 is 5.73 Å².